The molecule has 1 heterocycles. The maximum atomic E-state index is 6.34. The SMILES string of the molecule is COCCn1ncc(Cl)c1C(NN)C1CCCCCC1. The number of hydrogen-bond donors (Lipinski definition) is 2. The summed E-state index contributed by atoms with van der Waals surface area (Å²) in [6, 6.07) is 0.0694. The van der Waals surface area contributed by atoms with Crippen LogP contribution in [0.2, 0.25) is 5.02 Å². The zero-order valence-corrected chi connectivity index (χ0v) is 12.9. The van der Waals surface area contributed by atoms with E-state index in [0.717, 1.165) is 5.69 Å². The minimum Gasteiger partial charge on any atom is -0.383 e. The van der Waals surface area contributed by atoms with Gasteiger partial charge in [-0.25, -0.2) is 0 Å². The number of ether oxygens (including phenoxy) is 1. The Morgan fingerprint density at radius 1 is 1.45 bits per heavy atom. The topological polar surface area (TPSA) is 65.1 Å². The average Bonchev–Trinajstić information content (AvgIpc) is 2.68. The summed E-state index contributed by atoms with van der Waals surface area (Å²) in [6.07, 6.45) is 9.28. The molecule has 1 unspecified atom stereocenters. The normalized spacial score (nSPS) is 18.9. The molecule has 1 atom stereocenters. The molecule has 0 aliphatic heterocycles. The number of rotatable bonds is 6. The van der Waals surface area contributed by atoms with E-state index in [4.69, 9.17) is 22.2 Å². The third-order valence-corrected chi connectivity index (χ3v) is 4.48. The fraction of sp³-hybridized carbons (Fsp3) is 0.786. The highest BCUT2D eigenvalue weighted by Gasteiger charge is 2.28. The largest absolute Gasteiger partial charge is 0.383 e. The summed E-state index contributed by atoms with van der Waals surface area (Å²) in [5.41, 5.74) is 3.97. The Balaban J connectivity index is 2.18. The second-order valence-corrected chi connectivity index (χ2v) is 5.90. The summed E-state index contributed by atoms with van der Waals surface area (Å²) in [4.78, 5) is 0. The van der Waals surface area contributed by atoms with Crippen molar-refractivity contribution >= 4 is 11.6 Å². The molecule has 0 radical (unpaired) electrons. The highest BCUT2D eigenvalue weighted by atomic mass is 35.5. The molecule has 0 bridgehead atoms. The van der Waals surface area contributed by atoms with Crippen LogP contribution in [0.3, 0.4) is 0 Å². The molecule has 6 heteroatoms. The molecule has 0 spiro atoms. The highest BCUT2D eigenvalue weighted by molar-refractivity contribution is 6.31. The summed E-state index contributed by atoms with van der Waals surface area (Å²) in [7, 11) is 1.69. The van der Waals surface area contributed by atoms with Crippen LogP contribution in [0.4, 0.5) is 0 Å². The van der Waals surface area contributed by atoms with E-state index in [1.807, 2.05) is 4.68 Å². The second-order valence-electron chi connectivity index (χ2n) is 5.49. The Kier molecular flexibility index (Phi) is 6.29. The van der Waals surface area contributed by atoms with Gasteiger partial charge in [0.05, 0.1) is 36.1 Å². The number of methoxy groups -OCH3 is 1. The van der Waals surface area contributed by atoms with Crippen molar-refractivity contribution in [2.24, 2.45) is 11.8 Å². The lowest BCUT2D eigenvalue weighted by molar-refractivity contribution is 0.180. The zero-order valence-electron chi connectivity index (χ0n) is 12.1. The van der Waals surface area contributed by atoms with Gasteiger partial charge in [0.1, 0.15) is 0 Å². The smallest absolute Gasteiger partial charge is 0.0834 e. The van der Waals surface area contributed by atoms with Gasteiger partial charge in [-0.3, -0.25) is 16.0 Å². The molecule has 1 aliphatic rings. The molecule has 0 amide bonds. The number of nitrogens with one attached hydrogen (secondary N) is 1. The van der Waals surface area contributed by atoms with Crippen molar-refractivity contribution in [2.45, 2.75) is 51.1 Å². The van der Waals surface area contributed by atoms with E-state index in [0.29, 0.717) is 24.1 Å². The fourth-order valence-corrected chi connectivity index (χ4v) is 3.38. The summed E-state index contributed by atoms with van der Waals surface area (Å²) in [5.74, 6) is 6.36. The summed E-state index contributed by atoms with van der Waals surface area (Å²) < 4.78 is 7.05. The summed E-state index contributed by atoms with van der Waals surface area (Å²) >= 11 is 6.34. The Hall–Kier alpha value is -0.620. The van der Waals surface area contributed by atoms with Crippen molar-refractivity contribution in [1.82, 2.24) is 15.2 Å². The Morgan fingerprint density at radius 3 is 2.75 bits per heavy atom. The molecule has 114 valence electrons. The molecule has 1 fully saturated rings. The van der Waals surface area contributed by atoms with Crippen LogP contribution in [0.25, 0.3) is 0 Å². The second kappa shape index (κ2) is 7.98. The Labute approximate surface area is 125 Å². The predicted molar refractivity (Wildman–Crippen MR) is 80.4 cm³/mol. The molecule has 0 aromatic carbocycles. The number of nitrogens with two attached hydrogens (primary N) is 1. The van der Waals surface area contributed by atoms with Crippen LogP contribution >= 0.6 is 11.6 Å². The van der Waals surface area contributed by atoms with Gasteiger partial charge in [0, 0.05) is 7.11 Å². The third-order valence-electron chi connectivity index (χ3n) is 4.19. The van der Waals surface area contributed by atoms with Crippen molar-refractivity contribution in [2.75, 3.05) is 13.7 Å². The van der Waals surface area contributed by atoms with Crippen LogP contribution in [0.5, 0.6) is 0 Å². The highest BCUT2D eigenvalue weighted by Crippen LogP contribution is 2.35. The molecular formula is C14H25ClN4O. The molecule has 1 saturated carbocycles. The van der Waals surface area contributed by atoms with Crippen LogP contribution in [0.15, 0.2) is 6.20 Å². The quantitative estimate of drug-likeness (QED) is 0.481. The van der Waals surface area contributed by atoms with E-state index in [1.54, 1.807) is 13.3 Å². The molecule has 1 aromatic heterocycles. The van der Waals surface area contributed by atoms with E-state index >= 15 is 0 Å². The van der Waals surface area contributed by atoms with Crippen molar-refractivity contribution in [3.05, 3.63) is 16.9 Å². The first kappa shape index (κ1) is 15.8. The lowest BCUT2D eigenvalue weighted by atomic mass is 9.90. The van der Waals surface area contributed by atoms with Crippen LogP contribution < -0.4 is 11.3 Å². The number of halogens is 1. The van der Waals surface area contributed by atoms with E-state index in [-0.39, 0.29) is 6.04 Å². The Bertz CT molecular complexity index is 402. The van der Waals surface area contributed by atoms with Crippen molar-refractivity contribution < 1.29 is 4.74 Å². The lowest BCUT2D eigenvalue weighted by Crippen LogP contribution is -2.35. The van der Waals surface area contributed by atoms with Crippen molar-refractivity contribution in [3.63, 3.8) is 0 Å². The van der Waals surface area contributed by atoms with Crippen LogP contribution in [-0.2, 0) is 11.3 Å². The molecule has 3 N–H and O–H groups in total. The van der Waals surface area contributed by atoms with Gasteiger partial charge < -0.3 is 4.74 Å². The molecule has 0 saturated heterocycles. The maximum Gasteiger partial charge on any atom is 0.0834 e. The van der Waals surface area contributed by atoms with Crippen LogP contribution in [0.1, 0.15) is 50.3 Å². The predicted octanol–water partition coefficient (Wildman–Crippen LogP) is 2.66. The zero-order chi connectivity index (χ0) is 14.4. The standard InChI is InChI=1S/C14H25ClN4O/c1-20-9-8-19-14(12(15)10-17-19)13(18-16)11-6-4-2-3-5-7-11/h10-11,13,18H,2-9,16H2,1H3. The van der Waals surface area contributed by atoms with E-state index < -0.39 is 0 Å². The van der Waals surface area contributed by atoms with E-state index in [9.17, 15) is 0 Å². The first-order valence-corrected chi connectivity index (χ1v) is 7.82. The lowest BCUT2D eigenvalue weighted by Gasteiger charge is -2.26. The van der Waals surface area contributed by atoms with Gasteiger partial charge in [0.25, 0.3) is 0 Å². The van der Waals surface area contributed by atoms with Gasteiger partial charge in [0.15, 0.2) is 0 Å². The third kappa shape index (κ3) is 3.73. The molecular weight excluding hydrogens is 276 g/mol. The minimum atomic E-state index is 0.0694. The van der Waals surface area contributed by atoms with Gasteiger partial charge >= 0.3 is 0 Å². The van der Waals surface area contributed by atoms with Crippen LogP contribution in [0, 0.1) is 5.92 Å². The summed E-state index contributed by atoms with van der Waals surface area (Å²) in [6.45, 7) is 1.32. The van der Waals surface area contributed by atoms with Crippen molar-refractivity contribution in [3.8, 4) is 0 Å². The number of hydrogen-bond acceptors (Lipinski definition) is 4. The number of aromatic nitrogens is 2. The minimum absolute atomic E-state index is 0.0694. The van der Waals surface area contributed by atoms with Crippen LogP contribution in [-0.4, -0.2) is 23.5 Å². The van der Waals surface area contributed by atoms with Gasteiger partial charge in [-0.15, -0.1) is 0 Å². The number of nitrogens with zero attached hydrogens (tertiary/aromatic N) is 2. The Morgan fingerprint density at radius 2 is 2.15 bits per heavy atom. The monoisotopic (exact) mass is 300 g/mol. The first-order valence-electron chi connectivity index (χ1n) is 7.44. The van der Waals surface area contributed by atoms with Gasteiger partial charge in [-0.2, -0.15) is 5.10 Å². The maximum absolute atomic E-state index is 6.34. The van der Waals surface area contributed by atoms with Gasteiger partial charge in [0.2, 0.25) is 0 Å². The molecule has 2 rings (SSSR count). The molecule has 20 heavy (non-hydrogen) atoms. The van der Waals surface area contributed by atoms with Gasteiger partial charge in [-0.1, -0.05) is 37.3 Å². The first-order chi connectivity index (χ1) is 9.77. The fourth-order valence-electron chi connectivity index (χ4n) is 3.12. The van der Waals surface area contributed by atoms with Crippen molar-refractivity contribution in [1.29, 1.82) is 0 Å². The van der Waals surface area contributed by atoms with E-state index in [2.05, 4.69) is 10.5 Å². The van der Waals surface area contributed by atoms with E-state index in [1.165, 1.54) is 38.5 Å². The number of hydrazine groups is 1. The van der Waals surface area contributed by atoms with Gasteiger partial charge in [-0.05, 0) is 18.8 Å². The average molecular weight is 301 g/mol. The summed E-state index contributed by atoms with van der Waals surface area (Å²) in [5, 5.41) is 5.04. The molecule has 5 nitrogen and oxygen atoms in total. The molecule has 1 aromatic rings. The molecule has 1 aliphatic carbocycles.